The molecule has 2 aromatic rings. The van der Waals surface area contributed by atoms with Gasteiger partial charge in [0.2, 0.25) is 5.82 Å². The van der Waals surface area contributed by atoms with E-state index in [9.17, 15) is 8.78 Å². The van der Waals surface area contributed by atoms with Crippen LogP contribution in [0.15, 0.2) is 36.4 Å². The van der Waals surface area contributed by atoms with E-state index in [1.807, 2.05) is 19.1 Å². The van der Waals surface area contributed by atoms with Gasteiger partial charge < -0.3 is 4.74 Å². The van der Waals surface area contributed by atoms with Crippen molar-refractivity contribution >= 4 is 0 Å². The lowest BCUT2D eigenvalue weighted by atomic mass is 9.77. The van der Waals surface area contributed by atoms with Gasteiger partial charge in [0.1, 0.15) is 0 Å². The van der Waals surface area contributed by atoms with E-state index in [0.29, 0.717) is 23.7 Å². The highest BCUT2D eigenvalue weighted by Gasteiger charge is 2.22. The van der Waals surface area contributed by atoms with Crippen LogP contribution < -0.4 is 4.74 Å². The largest absolute Gasteiger partial charge is 0.490 e. The Labute approximate surface area is 180 Å². The quantitative estimate of drug-likeness (QED) is 0.353. The molecule has 1 saturated carbocycles. The minimum Gasteiger partial charge on any atom is -0.490 e. The molecule has 1 nitrogen and oxygen atoms in total. The number of ether oxygens (including phenoxy) is 1. The minimum atomic E-state index is -0.894. The smallest absolute Gasteiger partial charge is 0.201 e. The Bertz CT molecular complexity index is 776. The fraction of sp³-hybridized carbons (Fsp3) is 0.556. The van der Waals surface area contributed by atoms with E-state index in [2.05, 4.69) is 19.1 Å². The summed E-state index contributed by atoms with van der Waals surface area (Å²) in [6, 6.07) is 11.2. The zero-order chi connectivity index (χ0) is 21.3. The summed E-state index contributed by atoms with van der Waals surface area (Å²) in [7, 11) is 0. The topological polar surface area (TPSA) is 9.23 Å². The van der Waals surface area contributed by atoms with E-state index < -0.39 is 11.6 Å². The summed E-state index contributed by atoms with van der Waals surface area (Å²) in [6.07, 6.45) is 12.3. The summed E-state index contributed by atoms with van der Waals surface area (Å²) in [6.45, 7) is 4.70. The summed E-state index contributed by atoms with van der Waals surface area (Å²) in [5.74, 6) is -0.241. The molecule has 1 aliphatic rings. The zero-order valence-electron chi connectivity index (χ0n) is 18.6. The summed E-state index contributed by atoms with van der Waals surface area (Å²) in [5, 5.41) is 0. The van der Waals surface area contributed by atoms with Gasteiger partial charge in [0.05, 0.1) is 6.61 Å². The lowest BCUT2D eigenvalue weighted by Crippen LogP contribution is -2.13. The van der Waals surface area contributed by atoms with Crippen LogP contribution in [0, 0.1) is 17.6 Å². The molecule has 3 heteroatoms. The molecule has 0 spiro atoms. The Morgan fingerprint density at radius 2 is 1.50 bits per heavy atom. The van der Waals surface area contributed by atoms with E-state index in [4.69, 9.17) is 4.74 Å². The van der Waals surface area contributed by atoms with Gasteiger partial charge in [-0.2, -0.15) is 4.39 Å². The Kier molecular flexibility index (Phi) is 8.72. The van der Waals surface area contributed by atoms with Crippen molar-refractivity contribution in [2.24, 2.45) is 5.92 Å². The van der Waals surface area contributed by atoms with Gasteiger partial charge in [0, 0.05) is 5.56 Å². The number of hydrogen-bond donors (Lipinski definition) is 0. The van der Waals surface area contributed by atoms with Crippen LogP contribution in [0.4, 0.5) is 8.78 Å². The lowest BCUT2D eigenvalue weighted by molar-refractivity contribution is 0.289. The number of unbranched alkanes of at least 4 members (excludes halogenated alkanes) is 3. The first-order valence-electron chi connectivity index (χ1n) is 11.8. The first-order valence-corrected chi connectivity index (χ1v) is 11.8. The Morgan fingerprint density at radius 3 is 2.17 bits per heavy atom. The van der Waals surface area contributed by atoms with Crippen LogP contribution in [0.5, 0.6) is 5.75 Å². The molecule has 0 amide bonds. The monoisotopic (exact) mass is 414 g/mol. The van der Waals surface area contributed by atoms with Crippen molar-refractivity contribution in [3.05, 3.63) is 53.6 Å². The van der Waals surface area contributed by atoms with Crippen molar-refractivity contribution in [1.29, 1.82) is 0 Å². The molecule has 2 aromatic carbocycles. The number of rotatable bonds is 10. The second-order valence-electron chi connectivity index (χ2n) is 8.78. The molecular weight excluding hydrogens is 378 g/mol. The van der Waals surface area contributed by atoms with Crippen LogP contribution in [-0.2, 0) is 0 Å². The minimum absolute atomic E-state index is 0.00276. The van der Waals surface area contributed by atoms with E-state index in [1.54, 1.807) is 6.07 Å². The van der Waals surface area contributed by atoms with Crippen LogP contribution in [0.2, 0.25) is 0 Å². The Hall–Kier alpha value is -1.90. The van der Waals surface area contributed by atoms with Crippen molar-refractivity contribution in [2.45, 2.75) is 84.0 Å². The Morgan fingerprint density at radius 1 is 0.800 bits per heavy atom. The number of halogens is 2. The maximum absolute atomic E-state index is 14.6. The van der Waals surface area contributed by atoms with Crippen molar-refractivity contribution in [2.75, 3.05) is 6.61 Å². The van der Waals surface area contributed by atoms with E-state index in [-0.39, 0.29) is 5.75 Å². The van der Waals surface area contributed by atoms with Crippen LogP contribution in [0.1, 0.15) is 89.5 Å². The normalized spacial score (nSPS) is 19.1. The van der Waals surface area contributed by atoms with Gasteiger partial charge in [0.25, 0.3) is 0 Å². The molecule has 30 heavy (non-hydrogen) atoms. The SMILES string of the molecule is CCCCCC1CCC(c2ccc(-c3ccc(OCCCC)c(F)c3F)cc2)CC1. The first-order chi connectivity index (χ1) is 14.6. The third-order valence-corrected chi connectivity index (χ3v) is 6.56. The molecule has 1 aliphatic carbocycles. The predicted molar refractivity (Wildman–Crippen MR) is 121 cm³/mol. The van der Waals surface area contributed by atoms with Crippen molar-refractivity contribution in [3.63, 3.8) is 0 Å². The standard InChI is InChI=1S/C27H36F2O/c1-3-5-7-8-20-9-11-21(12-10-20)22-13-15-23(16-14-22)24-17-18-25(27(29)26(24)28)30-19-6-4-2/h13-18,20-21H,3-12,19H2,1-2H3. The summed E-state index contributed by atoms with van der Waals surface area (Å²) in [5.41, 5.74) is 2.33. The third kappa shape index (κ3) is 5.83. The molecule has 0 atom stereocenters. The third-order valence-electron chi connectivity index (χ3n) is 6.56. The molecule has 0 aromatic heterocycles. The van der Waals surface area contributed by atoms with E-state index in [0.717, 1.165) is 18.8 Å². The second kappa shape index (κ2) is 11.5. The maximum atomic E-state index is 14.6. The molecule has 0 heterocycles. The average molecular weight is 415 g/mol. The highest BCUT2D eigenvalue weighted by Crippen LogP contribution is 2.38. The van der Waals surface area contributed by atoms with Gasteiger partial charge in [-0.1, -0.05) is 70.2 Å². The zero-order valence-corrected chi connectivity index (χ0v) is 18.6. The van der Waals surface area contributed by atoms with Gasteiger partial charge in [-0.15, -0.1) is 0 Å². The summed E-state index contributed by atoms with van der Waals surface area (Å²) >= 11 is 0. The average Bonchev–Trinajstić information content (AvgIpc) is 2.78. The van der Waals surface area contributed by atoms with Crippen LogP contribution in [0.3, 0.4) is 0 Å². The summed E-state index contributed by atoms with van der Waals surface area (Å²) in [4.78, 5) is 0. The van der Waals surface area contributed by atoms with Gasteiger partial charge in [-0.05, 0) is 67.2 Å². The molecule has 0 saturated heterocycles. The fourth-order valence-electron chi connectivity index (χ4n) is 4.59. The van der Waals surface area contributed by atoms with E-state index in [1.165, 1.54) is 63.0 Å². The molecule has 164 valence electrons. The van der Waals surface area contributed by atoms with Gasteiger partial charge >= 0.3 is 0 Å². The molecule has 0 unspecified atom stereocenters. The molecule has 3 rings (SSSR count). The molecule has 0 aliphatic heterocycles. The van der Waals surface area contributed by atoms with Crippen LogP contribution >= 0.6 is 0 Å². The Balaban J connectivity index is 1.61. The predicted octanol–water partition coefficient (Wildman–Crippen LogP) is 8.66. The highest BCUT2D eigenvalue weighted by molar-refractivity contribution is 5.65. The molecule has 0 bridgehead atoms. The van der Waals surface area contributed by atoms with Crippen molar-refractivity contribution < 1.29 is 13.5 Å². The number of benzene rings is 2. The number of hydrogen-bond acceptors (Lipinski definition) is 1. The van der Waals surface area contributed by atoms with Gasteiger partial charge in [-0.3, -0.25) is 0 Å². The highest BCUT2D eigenvalue weighted by atomic mass is 19.2. The van der Waals surface area contributed by atoms with Gasteiger partial charge in [0.15, 0.2) is 11.6 Å². The van der Waals surface area contributed by atoms with E-state index >= 15 is 0 Å². The molecular formula is C27H36F2O. The van der Waals surface area contributed by atoms with Crippen LogP contribution in [-0.4, -0.2) is 6.61 Å². The van der Waals surface area contributed by atoms with Crippen LogP contribution in [0.25, 0.3) is 11.1 Å². The maximum Gasteiger partial charge on any atom is 0.201 e. The van der Waals surface area contributed by atoms with Crippen molar-refractivity contribution in [1.82, 2.24) is 0 Å². The van der Waals surface area contributed by atoms with Gasteiger partial charge in [-0.25, -0.2) is 4.39 Å². The van der Waals surface area contributed by atoms with Crippen molar-refractivity contribution in [3.8, 4) is 16.9 Å². The molecule has 1 fully saturated rings. The lowest BCUT2D eigenvalue weighted by Gasteiger charge is -2.29. The second-order valence-corrected chi connectivity index (χ2v) is 8.78. The molecule has 0 radical (unpaired) electrons. The summed E-state index contributed by atoms with van der Waals surface area (Å²) < 4.78 is 34.4. The molecule has 0 N–H and O–H groups in total. The fourth-order valence-corrected chi connectivity index (χ4v) is 4.59. The first kappa shape index (κ1) is 22.8.